The monoisotopic (exact) mass is 532 g/mol. The standard InChI is InChI=1S/C30H41BN4O4/c1-19(2)14-25(31-38-24-16-21-15-23(28(21,3)4)30(24,6)39-31)34-27(37)29(5,17-20-10-8-7-9-11-20)35-26(36)22-18-32-12-13-33-22/h7-13,18-19,21,23-25H,14-17H2,1-6H3,(H,34,37)(H,35,36)/t21-,23-,24+,25-,29+,30-/m0/s1. The molecule has 9 heteroatoms. The Kier molecular flexibility index (Phi) is 7.35. The van der Waals surface area contributed by atoms with Gasteiger partial charge in [0, 0.05) is 18.8 Å². The van der Waals surface area contributed by atoms with Gasteiger partial charge >= 0.3 is 7.12 Å². The molecule has 1 aliphatic heterocycles. The molecular formula is C30H41BN4O4. The van der Waals surface area contributed by atoms with Gasteiger partial charge in [-0.2, -0.15) is 0 Å². The number of amides is 2. The Labute approximate surface area is 232 Å². The van der Waals surface area contributed by atoms with Crippen molar-refractivity contribution in [1.29, 1.82) is 0 Å². The Hall–Kier alpha value is -2.78. The molecule has 6 rings (SSSR count). The van der Waals surface area contributed by atoms with Crippen molar-refractivity contribution in [2.75, 3.05) is 0 Å². The molecule has 4 fully saturated rings. The summed E-state index contributed by atoms with van der Waals surface area (Å²) < 4.78 is 13.3. The van der Waals surface area contributed by atoms with E-state index in [0.717, 1.165) is 12.0 Å². The van der Waals surface area contributed by atoms with E-state index in [-0.39, 0.29) is 34.7 Å². The number of hydrogen-bond acceptors (Lipinski definition) is 6. The van der Waals surface area contributed by atoms with Crippen LogP contribution < -0.4 is 10.6 Å². The van der Waals surface area contributed by atoms with E-state index in [1.54, 1.807) is 6.92 Å². The molecule has 6 atom stereocenters. The van der Waals surface area contributed by atoms with Crippen molar-refractivity contribution >= 4 is 18.9 Å². The van der Waals surface area contributed by atoms with Crippen LogP contribution in [0.3, 0.4) is 0 Å². The number of carbonyl (C=O) groups excluding carboxylic acids is 2. The molecule has 2 amide bonds. The maximum Gasteiger partial charge on any atom is 0.481 e. The summed E-state index contributed by atoms with van der Waals surface area (Å²) in [6.07, 6.45) is 7.54. The summed E-state index contributed by atoms with van der Waals surface area (Å²) in [7, 11) is -0.543. The molecule has 0 unspecified atom stereocenters. The fourth-order valence-electron chi connectivity index (χ4n) is 7.06. The van der Waals surface area contributed by atoms with Gasteiger partial charge < -0.3 is 19.9 Å². The molecule has 39 heavy (non-hydrogen) atoms. The van der Waals surface area contributed by atoms with Crippen molar-refractivity contribution in [2.24, 2.45) is 23.2 Å². The van der Waals surface area contributed by atoms with Crippen LogP contribution in [0.4, 0.5) is 0 Å². The minimum atomic E-state index is -1.25. The molecule has 3 aliphatic carbocycles. The van der Waals surface area contributed by atoms with E-state index in [2.05, 4.69) is 55.2 Å². The van der Waals surface area contributed by atoms with Crippen LogP contribution in [0, 0.1) is 23.2 Å². The third kappa shape index (κ3) is 5.23. The lowest BCUT2D eigenvalue weighted by Gasteiger charge is -2.64. The summed E-state index contributed by atoms with van der Waals surface area (Å²) in [6.45, 7) is 12.9. The first kappa shape index (κ1) is 27.8. The first-order chi connectivity index (χ1) is 18.4. The molecule has 4 aliphatic rings. The van der Waals surface area contributed by atoms with E-state index in [9.17, 15) is 9.59 Å². The second-order valence-corrected chi connectivity index (χ2v) is 13.1. The third-order valence-electron chi connectivity index (χ3n) is 9.43. The van der Waals surface area contributed by atoms with E-state index in [0.29, 0.717) is 30.6 Å². The first-order valence-corrected chi connectivity index (χ1v) is 14.2. The molecule has 8 nitrogen and oxygen atoms in total. The highest BCUT2D eigenvalue weighted by atomic mass is 16.7. The van der Waals surface area contributed by atoms with Crippen molar-refractivity contribution < 1.29 is 18.9 Å². The lowest BCUT2D eigenvalue weighted by molar-refractivity contribution is -0.199. The van der Waals surface area contributed by atoms with E-state index in [4.69, 9.17) is 9.31 Å². The SMILES string of the molecule is CC(C)C[C@H](NC(=O)[C@@](C)(Cc1ccccc1)NC(=O)c1cnccn1)B1O[C@@H]2C[C@@H]3C[C@@H](C3(C)C)[C@]2(C)O1. The van der Waals surface area contributed by atoms with Crippen molar-refractivity contribution in [3.8, 4) is 0 Å². The predicted octanol–water partition coefficient (Wildman–Crippen LogP) is 4.01. The Morgan fingerprint density at radius 1 is 1.15 bits per heavy atom. The van der Waals surface area contributed by atoms with Crippen LogP contribution >= 0.6 is 0 Å². The summed E-state index contributed by atoms with van der Waals surface area (Å²) in [5.41, 5.74) is -0.284. The van der Waals surface area contributed by atoms with Crippen LogP contribution in [-0.2, 0) is 20.5 Å². The van der Waals surface area contributed by atoms with Gasteiger partial charge in [-0.1, -0.05) is 58.0 Å². The number of hydrogen-bond donors (Lipinski definition) is 2. The summed E-state index contributed by atoms with van der Waals surface area (Å²) >= 11 is 0. The number of rotatable bonds is 9. The highest BCUT2D eigenvalue weighted by molar-refractivity contribution is 6.48. The number of benzene rings is 1. The van der Waals surface area contributed by atoms with Gasteiger partial charge in [0.2, 0.25) is 5.91 Å². The molecule has 3 saturated carbocycles. The lowest BCUT2D eigenvalue weighted by atomic mass is 9.43. The molecule has 1 saturated heterocycles. The second kappa shape index (κ2) is 10.3. The van der Waals surface area contributed by atoms with Crippen LogP contribution in [0.1, 0.15) is 76.9 Å². The zero-order valence-electron chi connectivity index (χ0n) is 23.9. The highest BCUT2D eigenvalue weighted by Crippen LogP contribution is 2.65. The van der Waals surface area contributed by atoms with Gasteiger partial charge in [-0.05, 0) is 61.8 Å². The Morgan fingerprint density at radius 3 is 2.54 bits per heavy atom. The van der Waals surface area contributed by atoms with Gasteiger partial charge in [-0.3, -0.25) is 14.6 Å². The zero-order chi connectivity index (χ0) is 28.0. The smallest absolute Gasteiger partial charge is 0.404 e. The minimum Gasteiger partial charge on any atom is -0.404 e. The number of aromatic nitrogens is 2. The normalized spacial score (nSPS) is 29.1. The molecule has 1 aromatic heterocycles. The van der Waals surface area contributed by atoms with Gasteiger partial charge in [0.15, 0.2) is 0 Å². The van der Waals surface area contributed by atoms with Crippen molar-refractivity contribution in [3.63, 3.8) is 0 Å². The zero-order valence-corrected chi connectivity index (χ0v) is 23.9. The minimum absolute atomic E-state index is 0.0258. The molecule has 2 N–H and O–H groups in total. The van der Waals surface area contributed by atoms with E-state index >= 15 is 0 Å². The topological polar surface area (TPSA) is 102 Å². The molecule has 0 radical (unpaired) electrons. The van der Waals surface area contributed by atoms with Crippen LogP contribution in [-0.4, -0.2) is 52.1 Å². The van der Waals surface area contributed by atoms with Crippen LogP contribution in [0.25, 0.3) is 0 Å². The van der Waals surface area contributed by atoms with Crippen LogP contribution in [0.15, 0.2) is 48.9 Å². The average molecular weight is 532 g/mol. The van der Waals surface area contributed by atoms with Gasteiger partial charge in [0.05, 0.1) is 23.8 Å². The fourth-order valence-corrected chi connectivity index (χ4v) is 7.06. The third-order valence-corrected chi connectivity index (χ3v) is 9.43. The van der Waals surface area contributed by atoms with E-state index < -0.39 is 18.6 Å². The van der Waals surface area contributed by atoms with Crippen molar-refractivity contribution in [2.45, 2.75) is 90.4 Å². The summed E-state index contributed by atoms with van der Waals surface area (Å²) in [4.78, 5) is 35.3. The van der Waals surface area contributed by atoms with Gasteiger partial charge in [0.25, 0.3) is 5.91 Å². The van der Waals surface area contributed by atoms with Crippen LogP contribution in [0.5, 0.6) is 0 Å². The Morgan fingerprint density at radius 2 is 1.90 bits per heavy atom. The first-order valence-electron chi connectivity index (χ1n) is 14.2. The quantitative estimate of drug-likeness (QED) is 0.474. The molecular weight excluding hydrogens is 491 g/mol. The van der Waals surface area contributed by atoms with Crippen LogP contribution in [0.2, 0.25) is 0 Å². The molecule has 2 aromatic rings. The Balaban J connectivity index is 1.38. The van der Waals surface area contributed by atoms with Gasteiger partial charge in [0.1, 0.15) is 11.2 Å². The maximum absolute atomic E-state index is 14.1. The molecule has 1 aromatic carbocycles. The molecule has 2 bridgehead atoms. The largest absolute Gasteiger partial charge is 0.481 e. The number of carbonyl (C=O) groups is 2. The Bertz CT molecular complexity index is 1200. The molecule has 0 spiro atoms. The second-order valence-electron chi connectivity index (χ2n) is 13.1. The molecule has 208 valence electrons. The summed E-state index contributed by atoms with van der Waals surface area (Å²) in [6, 6.07) is 9.69. The van der Waals surface area contributed by atoms with Crippen molar-refractivity contribution in [3.05, 3.63) is 60.2 Å². The lowest BCUT2D eigenvalue weighted by Crippen LogP contribution is -2.65. The number of nitrogens with one attached hydrogen (secondary N) is 2. The summed E-state index contributed by atoms with van der Waals surface area (Å²) in [5, 5.41) is 6.20. The van der Waals surface area contributed by atoms with Crippen molar-refractivity contribution in [1.82, 2.24) is 20.6 Å². The number of nitrogens with zero attached hydrogens (tertiary/aromatic N) is 2. The maximum atomic E-state index is 14.1. The van der Waals surface area contributed by atoms with Gasteiger partial charge in [-0.25, -0.2) is 4.98 Å². The fraction of sp³-hybridized carbons (Fsp3) is 0.600. The van der Waals surface area contributed by atoms with E-state index in [1.807, 2.05) is 30.3 Å². The average Bonchev–Trinajstić information content (AvgIpc) is 3.26. The van der Waals surface area contributed by atoms with E-state index in [1.165, 1.54) is 25.0 Å². The summed E-state index contributed by atoms with van der Waals surface area (Å²) in [5.74, 6) is 0.286. The predicted molar refractivity (Wildman–Crippen MR) is 150 cm³/mol. The molecule has 2 heterocycles. The van der Waals surface area contributed by atoms with Gasteiger partial charge in [-0.15, -0.1) is 0 Å². The highest BCUT2D eigenvalue weighted by Gasteiger charge is 2.68.